The van der Waals surface area contributed by atoms with Crippen LogP contribution in [0.5, 0.6) is 5.75 Å². The van der Waals surface area contributed by atoms with Crippen LogP contribution in [0.3, 0.4) is 0 Å². The molecule has 0 radical (unpaired) electrons. The van der Waals surface area contributed by atoms with Crippen LogP contribution in [0.25, 0.3) is 0 Å². The summed E-state index contributed by atoms with van der Waals surface area (Å²) in [5.74, 6) is 1.74. The quantitative estimate of drug-likeness (QED) is 0.309. The molecule has 1 heterocycles. The monoisotopic (exact) mass is 419 g/mol. The third kappa shape index (κ3) is 7.31. The smallest absolute Gasteiger partial charge is 0.191 e. The lowest BCUT2D eigenvalue weighted by Crippen LogP contribution is -2.41. The molecule has 0 spiro atoms. The van der Waals surface area contributed by atoms with Crippen molar-refractivity contribution >= 4 is 29.9 Å². The third-order valence-corrected chi connectivity index (χ3v) is 3.37. The van der Waals surface area contributed by atoms with Gasteiger partial charge in [-0.2, -0.15) is 0 Å². The average Bonchev–Trinajstić information content (AvgIpc) is 3.04. The van der Waals surface area contributed by atoms with Crippen molar-refractivity contribution in [3.8, 4) is 5.75 Å². The summed E-state index contributed by atoms with van der Waals surface area (Å²) in [5.41, 5.74) is 0. The van der Waals surface area contributed by atoms with E-state index in [1.807, 2.05) is 30.3 Å². The lowest BCUT2D eigenvalue weighted by Gasteiger charge is -2.15. The number of benzene rings is 1. The van der Waals surface area contributed by atoms with Crippen molar-refractivity contribution in [1.29, 1.82) is 0 Å². The standard InChI is InChI=1S/C16H25N3O2.HI/c1-17-16(19-13-15-9-5-11-21-15)18-10-6-12-20-14-7-3-2-4-8-14;/h2-4,7-8,15H,5-6,9-13H2,1H3,(H2,17,18,19);1H. The Bertz CT molecular complexity index is 423. The summed E-state index contributed by atoms with van der Waals surface area (Å²) in [5, 5.41) is 6.58. The molecule has 1 saturated heterocycles. The molecule has 1 atom stereocenters. The first-order valence-electron chi connectivity index (χ1n) is 7.62. The van der Waals surface area contributed by atoms with Crippen molar-refractivity contribution in [2.24, 2.45) is 4.99 Å². The second-order valence-electron chi connectivity index (χ2n) is 5.03. The van der Waals surface area contributed by atoms with Crippen LogP contribution in [-0.4, -0.2) is 45.4 Å². The molecule has 2 rings (SSSR count). The zero-order valence-electron chi connectivity index (χ0n) is 13.1. The maximum atomic E-state index is 5.64. The van der Waals surface area contributed by atoms with Gasteiger partial charge in [0.05, 0.1) is 12.7 Å². The molecule has 1 unspecified atom stereocenters. The van der Waals surface area contributed by atoms with Gasteiger partial charge in [0.15, 0.2) is 5.96 Å². The van der Waals surface area contributed by atoms with Gasteiger partial charge in [-0.1, -0.05) is 18.2 Å². The van der Waals surface area contributed by atoms with Gasteiger partial charge in [0.1, 0.15) is 5.75 Å². The summed E-state index contributed by atoms with van der Waals surface area (Å²) in [6.07, 6.45) is 3.55. The van der Waals surface area contributed by atoms with E-state index in [4.69, 9.17) is 9.47 Å². The van der Waals surface area contributed by atoms with Crippen molar-refractivity contribution in [2.75, 3.05) is 33.4 Å². The van der Waals surface area contributed by atoms with Gasteiger partial charge in [-0.3, -0.25) is 4.99 Å². The molecule has 0 bridgehead atoms. The summed E-state index contributed by atoms with van der Waals surface area (Å²) < 4.78 is 11.2. The van der Waals surface area contributed by atoms with Crippen LogP contribution >= 0.6 is 24.0 Å². The summed E-state index contributed by atoms with van der Waals surface area (Å²) in [6.45, 7) is 3.23. The summed E-state index contributed by atoms with van der Waals surface area (Å²) in [6, 6.07) is 9.87. The van der Waals surface area contributed by atoms with Crippen molar-refractivity contribution in [3.05, 3.63) is 30.3 Å². The van der Waals surface area contributed by atoms with Crippen LogP contribution in [0, 0.1) is 0 Å². The third-order valence-electron chi connectivity index (χ3n) is 3.37. The van der Waals surface area contributed by atoms with Crippen LogP contribution in [0.2, 0.25) is 0 Å². The van der Waals surface area contributed by atoms with Gasteiger partial charge in [-0.25, -0.2) is 0 Å². The number of nitrogens with one attached hydrogen (secondary N) is 2. The molecule has 1 fully saturated rings. The van der Waals surface area contributed by atoms with E-state index in [2.05, 4.69) is 15.6 Å². The SMILES string of the molecule is CN=C(NCCCOc1ccccc1)NCC1CCCO1.I. The average molecular weight is 419 g/mol. The minimum Gasteiger partial charge on any atom is -0.494 e. The first-order valence-corrected chi connectivity index (χ1v) is 7.62. The molecule has 22 heavy (non-hydrogen) atoms. The molecule has 1 aromatic carbocycles. The van der Waals surface area contributed by atoms with Crippen LogP contribution in [0.4, 0.5) is 0 Å². The number of hydrogen-bond acceptors (Lipinski definition) is 3. The number of hydrogen-bond donors (Lipinski definition) is 2. The molecular formula is C16H26IN3O2. The minimum absolute atomic E-state index is 0. The number of nitrogens with zero attached hydrogens (tertiary/aromatic N) is 1. The summed E-state index contributed by atoms with van der Waals surface area (Å²) in [4.78, 5) is 4.20. The molecule has 0 aromatic heterocycles. The van der Waals surface area contributed by atoms with Gasteiger partial charge in [0, 0.05) is 26.7 Å². The van der Waals surface area contributed by atoms with E-state index < -0.39 is 0 Å². The zero-order valence-corrected chi connectivity index (χ0v) is 15.4. The van der Waals surface area contributed by atoms with Crippen molar-refractivity contribution in [2.45, 2.75) is 25.4 Å². The summed E-state index contributed by atoms with van der Waals surface area (Å²) >= 11 is 0. The van der Waals surface area contributed by atoms with Gasteiger partial charge in [0.25, 0.3) is 0 Å². The van der Waals surface area contributed by atoms with E-state index in [1.54, 1.807) is 7.05 Å². The molecule has 0 amide bonds. The Morgan fingerprint density at radius 2 is 2.14 bits per heavy atom. The molecule has 1 aromatic rings. The van der Waals surface area contributed by atoms with Gasteiger partial charge >= 0.3 is 0 Å². The van der Waals surface area contributed by atoms with Crippen LogP contribution < -0.4 is 15.4 Å². The number of guanidine groups is 1. The highest BCUT2D eigenvalue weighted by molar-refractivity contribution is 14.0. The molecule has 0 saturated carbocycles. The fourth-order valence-corrected chi connectivity index (χ4v) is 2.22. The Morgan fingerprint density at radius 1 is 1.32 bits per heavy atom. The molecule has 5 nitrogen and oxygen atoms in total. The second kappa shape index (κ2) is 11.5. The number of ether oxygens (including phenoxy) is 2. The number of aliphatic imine (C=N–C) groups is 1. The largest absolute Gasteiger partial charge is 0.494 e. The predicted molar refractivity (Wildman–Crippen MR) is 100 cm³/mol. The number of halogens is 1. The van der Waals surface area contributed by atoms with Gasteiger partial charge in [0.2, 0.25) is 0 Å². The van der Waals surface area contributed by atoms with Crippen molar-refractivity contribution < 1.29 is 9.47 Å². The molecule has 1 aliphatic heterocycles. The Labute approximate surface area is 149 Å². The lowest BCUT2D eigenvalue weighted by molar-refractivity contribution is 0.114. The maximum Gasteiger partial charge on any atom is 0.191 e. The van der Waals surface area contributed by atoms with Crippen LogP contribution in [0.1, 0.15) is 19.3 Å². The normalized spacial score (nSPS) is 17.7. The molecule has 0 aliphatic carbocycles. The van der Waals surface area contributed by atoms with Crippen molar-refractivity contribution in [3.63, 3.8) is 0 Å². The van der Waals surface area contributed by atoms with E-state index in [0.717, 1.165) is 50.7 Å². The van der Waals surface area contributed by atoms with Crippen LogP contribution in [0.15, 0.2) is 35.3 Å². The highest BCUT2D eigenvalue weighted by Gasteiger charge is 2.15. The molecular weight excluding hydrogens is 393 g/mol. The van der Waals surface area contributed by atoms with E-state index in [0.29, 0.717) is 12.7 Å². The Hall–Kier alpha value is -1.02. The molecule has 124 valence electrons. The Kier molecular flexibility index (Phi) is 9.98. The maximum absolute atomic E-state index is 5.64. The van der Waals surface area contributed by atoms with Crippen molar-refractivity contribution in [1.82, 2.24) is 10.6 Å². The number of rotatable bonds is 7. The Morgan fingerprint density at radius 3 is 2.82 bits per heavy atom. The molecule has 1 aliphatic rings. The summed E-state index contributed by atoms with van der Waals surface area (Å²) in [7, 11) is 1.78. The lowest BCUT2D eigenvalue weighted by atomic mass is 10.2. The van der Waals surface area contributed by atoms with E-state index >= 15 is 0 Å². The molecule has 6 heteroatoms. The van der Waals surface area contributed by atoms with E-state index in [1.165, 1.54) is 0 Å². The highest BCUT2D eigenvalue weighted by atomic mass is 127. The topological polar surface area (TPSA) is 54.9 Å². The van der Waals surface area contributed by atoms with Gasteiger partial charge in [-0.15, -0.1) is 24.0 Å². The van der Waals surface area contributed by atoms with Gasteiger partial charge < -0.3 is 20.1 Å². The molecule has 2 N–H and O–H groups in total. The minimum atomic E-state index is 0. The Balaban J connectivity index is 0.00000242. The predicted octanol–water partition coefficient (Wildman–Crippen LogP) is 2.42. The number of para-hydroxylation sites is 1. The zero-order chi connectivity index (χ0) is 14.8. The van der Waals surface area contributed by atoms with E-state index in [9.17, 15) is 0 Å². The second-order valence-corrected chi connectivity index (χ2v) is 5.03. The fraction of sp³-hybridized carbons (Fsp3) is 0.562. The highest BCUT2D eigenvalue weighted by Crippen LogP contribution is 2.10. The van der Waals surface area contributed by atoms with E-state index in [-0.39, 0.29) is 24.0 Å². The first-order chi connectivity index (χ1) is 10.4. The fourth-order valence-electron chi connectivity index (χ4n) is 2.22. The van der Waals surface area contributed by atoms with Crippen LogP contribution in [-0.2, 0) is 4.74 Å². The first kappa shape index (κ1) is 19.0. The van der Waals surface area contributed by atoms with Gasteiger partial charge in [-0.05, 0) is 31.4 Å².